The Morgan fingerprint density at radius 3 is 2.78 bits per heavy atom. The first kappa shape index (κ1) is 13.8. The lowest BCUT2D eigenvalue weighted by Crippen LogP contribution is -2.09. The van der Waals surface area contributed by atoms with Crippen molar-refractivity contribution in [2.24, 2.45) is 5.92 Å². The van der Waals surface area contributed by atoms with Gasteiger partial charge < -0.3 is 4.74 Å². The smallest absolute Gasteiger partial charge is 0.133 e. The summed E-state index contributed by atoms with van der Waals surface area (Å²) in [7, 11) is 0. The van der Waals surface area contributed by atoms with E-state index < -0.39 is 4.75 Å². The molecule has 1 aliphatic rings. The molecule has 4 heteroatoms. The quantitative estimate of drug-likeness (QED) is 0.740. The maximum atomic E-state index is 9.02. The topological polar surface area (TPSA) is 33.0 Å². The monoisotopic (exact) mass is 325 g/mol. The molecule has 2 rings (SSSR count). The van der Waals surface area contributed by atoms with Crippen molar-refractivity contribution in [2.45, 2.75) is 36.3 Å². The van der Waals surface area contributed by atoms with Crippen molar-refractivity contribution in [3.63, 3.8) is 0 Å². The Morgan fingerprint density at radius 2 is 2.22 bits per heavy atom. The highest BCUT2D eigenvalue weighted by Gasteiger charge is 2.22. The van der Waals surface area contributed by atoms with Gasteiger partial charge in [-0.05, 0) is 66.7 Å². The Morgan fingerprint density at radius 1 is 1.50 bits per heavy atom. The third-order valence-electron chi connectivity index (χ3n) is 2.72. The second kappa shape index (κ2) is 5.54. The fraction of sp³-hybridized carbons (Fsp3) is 0.500. The van der Waals surface area contributed by atoms with Crippen LogP contribution in [0.3, 0.4) is 0 Å². The van der Waals surface area contributed by atoms with Gasteiger partial charge in [0.05, 0.1) is 17.1 Å². The lowest BCUT2D eigenvalue weighted by atomic mass is 10.2. The summed E-state index contributed by atoms with van der Waals surface area (Å²) in [5.41, 5.74) is 0. The summed E-state index contributed by atoms with van der Waals surface area (Å²) in [4.78, 5) is 1.08. The number of halogens is 1. The molecule has 0 aliphatic heterocycles. The van der Waals surface area contributed by atoms with E-state index in [0.717, 1.165) is 27.6 Å². The molecule has 0 spiro atoms. The average Bonchev–Trinajstić information content (AvgIpc) is 3.11. The van der Waals surface area contributed by atoms with Gasteiger partial charge in [0.1, 0.15) is 10.5 Å². The Labute approximate surface area is 121 Å². The fourth-order valence-corrected chi connectivity index (χ4v) is 3.06. The largest absolute Gasteiger partial charge is 0.492 e. The summed E-state index contributed by atoms with van der Waals surface area (Å²) in [6.45, 7) is 4.65. The van der Waals surface area contributed by atoms with Gasteiger partial charge >= 0.3 is 0 Å². The molecular formula is C14H16BrNOS. The van der Waals surface area contributed by atoms with Gasteiger partial charge in [0.25, 0.3) is 0 Å². The molecule has 96 valence electrons. The summed E-state index contributed by atoms with van der Waals surface area (Å²) in [6.07, 6.45) is 2.59. The van der Waals surface area contributed by atoms with E-state index in [2.05, 4.69) is 22.0 Å². The van der Waals surface area contributed by atoms with Crippen LogP contribution in [0.2, 0.25) is 0 Å². The van der Waals surface area contributed by atoms with Gasteiger partial charge in [-0.3, -0.25) is 0 Å². The van der Waals surface area contributed by atoms with E-state index in [-0.39, 0.29) is 0 Å². The number of nitrogens with zero attached hydrogens (tertiary/aromatic N) is 1. The lowest BCUT2D eigenvalue weighted by Gasteiger charge is -2.15. The molecule has 2 nitrogen and oxygen atoms in total. The first-order valence-electron chi connectivity index (χ1n) is 6.03. The summed E-state index contributed by atoms with van der Waals surface area (Å²) in [5, 5.41) is 9.02. The van der Waals surface area contributed by atoms with Crippen LogP contribution in [0.25, 0.3) is 0 Å². The highest BCUT2D eigenvalue weighted by Crippen LogP contribution is 2.37. The minimum atomic E-state index is -0.407. The predicted molar refractivity (Wildman–Crippen MR) is 77.9 cm³/mol. The Kier molecular flexibility index (Phi) is 4.24. The fourth-order valence-electron chi connectivity index (χ4n) is 1.47. The third kappa shape index (κ3) is 3.93. The minimum Gasteiger partial charge on any atom is -0.492 e. The van der Waals surface area contributed by atoms with Crippen molar-refractivity contribution in [1.29, 1.82) is 5.26 Å². The van der Waals surface area contributed by atoms with Gasteiger partial charge in [-0.2, -0.15) is 5.26 Å². The number of benzene rings is 1. The molecule has 0 saturated heterocycles. The molecule has 0 atom stereocenters. The third-order valence-corrected chi connectivity index (χ3v) is 4.43. The van der Waals surface area contributed by atoms with E-state index in [1.54, 1.807) is 11.8 Å². The second-order valence-corrected chi connectivity index (χ2v) is 7.62. The lowest BCUT2D eigenvalue weighted by molar-refractivity contribution is 0.298. The summed E-state index contributed by atoms with van der Waals surface area (Å²) >= 11 is 5.08. The van der Waals surface area contributed by atoms with E-state index in [1.807, 2.05) is 32.0 Å². The van der Waals surface area contributed by atoms with Crippen LogP contribution in [-0.2, 0) is 0 Å². The van der Waals surface area contributed by atoms with Crippen molar-refractivity contribution >= 4 is 27.7 Å². The van der Waals surface area contributed by atoms with Crippen LogP contribution in [0.15, 0.2) is 27.6 Å². The molecule has 1 fully saturated rings. The Balaban J connectivity index is 2.02. The first-order chi connectivity index (χ1) is 8.50. The minimum absolute atomic E-state index is 0.407. The Hall–Kier alpha value is -0.660. The van der Waals surface area contributed by atoms with E-state index in [0.29, 0.717) is 0 Å². The van der Waals surface area contributed by atoms with Gasteiger partial charge in [0, 0.05) is 4.90 Å². The molecule has 0 heterocycles. The molecule has 1 saturated carbocycles. The van der Waals surface area contributed by atoms with Crippen molar-refractivity contribution in [3.8, 4) is 11.8 Å². The SMILES string of the molecule is CC(C)(C#N)Sc1ccc(OCC2CC2)c(Br)c1. The van der Waals surface area contributed by atoms with E-state index >= 15 is 0 Å². The number of nitriles is 1. The Bertz CT molecular complexity index is 477. The molecular weight excluding hydrogens is 310 g/mol. The zero-order valence-electron chi connectivity index (χ0n) is 10.6. The van der Waals surface area contributed by atoms with Gasteiger partial charge in [0.15, 0.2) is 0 Å². The van der Waals surface area contributed by atoms with Gasteiger partial charge in [0.2, 0.25) is 0 Å². The van der Waals surface area contributed by atoms with Gasteiger partial charge in [-0.15, -0.1) is 11.8 Å². The molecule has 18 heavy (non-hydrogen) atoms. The van der Waals surface area contributed by atoms with Crippen LogP contribution in [-0.4, -0.2) is 11.4 Å². The van der Waals surface area contributed by atoms with Crippen LogP contribution in [0.1, 0.15) is 26.7 Å². The number of rotatable bonds is 5. The van der Waals surface area contributed by atoms with Crippen LogP contribution in [0.5, 0.6) is 5.75 Å². The first-order valence-corrected chi connectivity index (χ1v) is 7.64. The van der Waals surface area contributed by atoms with Crippen molar-refractivity contribution in [2.75, 3.05) is 6.61 Å². The van der Waals surface area contributed by atoms with Crippen molar-refractivity contribution in [1.82, 2.24) is 0 Å². The van der Waals surface area contributed by atoms with Crippen LogP contribution < -0.4 is 4.74 Å². The maximum absolute atomic E-state index is 9.02. The summed E-state index contributed by atoms with van der Waals surface area (Å²) in [5.74, 6) is 1.64. The van der Waals surface area contributed by atoms with Gasteiger partial charge in [-0.1, -0.05) is 0 Å². The highest BCUT2D eigenvalue weighted by atomic mass is 79.9. The molecule has 1 aliphatic carbocycles. The van der Waals surface area contributed by atoms with E-state index in [9.17, 15) is 0 Å². The van der Waals surface area contributed by atoms with Crippen molar-refractivity contribution in [3.05, 3.63) is 22.7 Å². The van der Waals surface area contributed by atoms with Crippen LogP contribution in [0.4, 0.5) is 0 Å². The van der Waals surface area contributed by atoms with Crippen LogP contribution >= 0.6 is 27.7 Å². The molecule has 0 unspecified atom stereocenters. The van der Waals surface area contributed by atoms with Crippen LogP contribution in [0, 0.1) is 17.2 Å². The zero-order chi connectivity index (χ0) is 13.2. The standard InChI is InChI=1S/C14H16BrNOS/c1-14(2,9-16)18-11-5-6-13(12(15)7-11)17-8-10-3-4-10/h5-7,10H,3-4,8H2,1-2H3. The number of thioether (sulfide) groups is 1. The van der Waals surface area contributed by atoms with Gasteiger partial charge in [-0.25, -0.2) is 0 Å². The highest BCUT2D eigenvalue weighted by molar-refractivity contribution is 9.10. The second-order valence-electron chi connectivity index (χ2n) is 5.07. The van der Waals surface area contributed by atoms with E-state index in [1.165, 1.54) is 12.8 Å². The molecule has 1 aromatic rings. The molecule has 0 radical (unpaired) electrons. The number of hydrogen-bond acceptors (Lipinski definition) is 3. The predicted octanol–water partition coefficient (Wildman–Crippen LogP) is 4.63. The summed E-state index contributed by atoms with van der Waals surface area (Å²) < 4.78 is 6.30. The number of hydrogen-bond donors (Lipinski definition) is 0. The molecule has 0 bridgehead atoms. The number of ether oxygens (including phenoxy) is 1. The molecule has 0 amide bonds. The zero-order valence-corrected chi connectivity index (χ0v) is 13.0. The summed E-state index contributed by atoms with van der Waals surface area (Å²) in [6, 6.07) is 8.29. The average molecular weight is 326 g/mol. The molecule has 0 aromatic heterocycles. The van der Waals surface area contributed by atoms with E-state index in [4.69, 9.17) is 10.00 Å². The van der Waals surface area contributed by atoms with Crippen molar-refractivity contribution < 1.29 is 4.74 Å². The normalized spacial score (nSPS) is 15.2. The maximum Gasteiger partial charge on any atom is 0.133 e. The molecule has 0 N–H and O–H groups in total. The molecule has 1 aromatic carbocycles.